The maximum Gasteiger partial charge on any atom is 0.433 e. The van der Waals surface area contributed by atoms with Gasteiger partial charge in [0.1, 0.15) is 13.2 Å². The molecule has 0 unspecified atom stereocenters. The number of alkyl halides is 9. The third-order valence-corrected chi connectivity index (χ3v) is 4.49. The van der Waals surface area contributed by atoms with Gasteiger partial charge < -0.3 is 9.47 Å². The molecule has 15 heteroatoms. The SMILES string of the molecule is CCCC(=O)OCCOc1cc(C(F)(F)F)nc(=Nc2ccc(C(F)(F)F)cc2C(F)(F)F)n1CC. The predicted molar refractivity (Wildman–Crippen MR) is 106 cm³/mol. The van der Waals surface area contributed by atoms with Crippen LogP contribution in [-0.2, 0) is 34.6 Å². The van der Waals surface area contributed by atoms with Crippen molar-refractivity contribution in [2.75, 3.05) is 13.2 Å². The first-order valence-corrected chi connectivity index (χ1v) is 10.4. The fourth-order valence-electron chi connectivity index (χ4n) is 2.86. The molecule has 1 aromatic carbocycles. The number of rotatable bonds is 8. The van der Waals surface area contributed by atoms with Gasteiger partial charge in [0.15, 0.2) is 11.6 Å². The number of nitrogens with zero attached hydrogens (tertiary/aromatic N) is 3. The summed E-state index contributed by atoms with van der Waals surface area (Å²) >= 11 is 0. The highest BCUT2D eigenvalue weighted by Crippen LogP contribution is 2.40. The summed E-state index contributed by atoms with van der Waals surface area (Å²) in [6.45, 7) is 2.22. The van der Waals surface area contributed by atoms with Crippen LogP contribution in [0, 0.1) is 0 Å². The Morgan fingerprint density at radius 1 is 0.944 bits per heavy atom. The van der Waals surface area contributed by atoms with Crippen LogP contribution < -0.4 is 10.4 Å². The highest BCUT2D eigenvalue weighted by molar-refractivity contribution is 5.69. The summed E-state index contributed by atoms with van der Waals surface area (Å²) in [5, 5.41) is 0. The fraction of sp³-hybridized carbons (Fsp3) is 0.476. The van der Waals surface area contributed by atoms with Gasteiger partial charge in [0, 0.05) is 19.0 Å². The number of ether oxygens (including phenoxy) is 2. The molecular formula is C21H20F9N3O3. The van der Waals surface area contributed by atoms with Gasteiger partial charge in [0.2, 0.25) is 5.62 Å². The molecule has 0 fully saturated rings. The van der Waals surface area contributed by atoms with E-state index in [4.69, 9.17) is 9.47 Å². The zero-order valence-electron chi connectivity index (χ0n) is 18.8. The van der Waals surface area contributed by atoms with E-state index in [2.05, 4.69) is 9.98 Å². The Morgan fingerprint density at radius 3 is 2.14 bits per heavy atom. The van der Waals surface area contributed by atoms with Crippen LogP contribution in [0.1, 0.15) is 43.5 Å². The van der Waals surface area contributed by atoms with Crippen molar-refractivity contribution >= 4 is 11.7 Å². The van der Waals surface area contributed by atoms with Crippen molar-refractivity contribution < 1.29 is 53.8 Å². The summed E-state index contributed by atoms with van der Waals surface area (Å²) < 4.78 is 130. The lowest BCUT2D eigenvalue weighted by Crippen LogP contribution is -2.29. The molecule has 0 atom stereocenters. The maximum atomic E-state index is 13.5. The molecule has 0 bridgehead atoms. The molecule has 6 nitrogen and oxygen atoms in total. The Bertz CT molecular complexity index is 1140. The molecule has 2 rings (SSSR count). The van der Waals surface area contributed by atoms with Crippen LogP contribution in [-0.4, -0.2) is 28.7 Å². The molecular weight excluding hydrogens is 513 g/mol. The van der Waals surface area contributed by atoms with Gasteiger partial charge in [-0.15, -0.1) is 0 Å². The van der Waals surface area contributed by atoms with Crippen LogP contribution in [0.2, 0.25) is 0 Å². The lowest BCUT2D eigenvalue weighted by Gasteiger charge is -2.17. The topological polar surface area (TPSA) is 65.7 Å². The van der Waals surface area contributed by atoms with Gasteiger partial charge in [-0.05, 0) is 31.5 Å². The summed E-state index contributed by atoms with van der Waals surface area (Å²) in [5.74, 6) is -1.07. The van der Waals surface area contributed by atoms with Crippen molar-refractivity contribution in [2.45, 2.75) is 51.8 Å². The molecule has 0 radical (unpaired) electrons. The summed E-state index contributed by atoms with van der Waals surface area (Å²) in [7, 11) is 0. The second-order valence-corrected chi connectivity index (χ2v) is 7.18. The summed E-state index contributed by atoms with van der Waals surface area (Å²) in [5.41, 5.74) is -6.97. The third-order valence-electron chi connectivity index (χ3n) is 4.49. The van der Waals surface area contributed by atoms with E-state index in [0.29, 0.717) is 24.6 Å². The van der Waals surface area contributed by atoms with E-state index in [9.17, 15) is 44.3 Å². The highest BCUT2D eigenvalue weighted by atomic mass is 19.4. The molecule has 0 aliphatic carbocycles. The molecule has 0 saturated carbocycles. The first-order valence-electron chi connectivity index (χ1n) is 10.4. The van der Waals surface area contributed by atoms with E-state index in [0.717, 1.165) is 4.57 Å². The Kier molecular flexibility index (Phi) is 9.02. The lowest BCUT2D eigenvalue weighted by molar-refractivity contribution is -0.145. The molecule has 0 spiro atoms. The fourth-order valence-corrected chi connectivity index (χ4v) is 2.86. The van der Waals surface area contributed by atoms with Crippen molar-refractivity contribution in [1.82, 2.24) is 9.55 Å². The van der Waals surface area contributed by atoms with Crippen LogP contribution in [0.4, 0.5) is 45.2 Å². The second-order valence-electron chi connectivity index (χ2n) is 7.18. The number of benzene rings is 1. The Balaban J connectivity index is 2.62. The summed E-state index contributed by atoms with van der Waals surface area (Å²) in [6, 6.07) is 1.000. The van der Waals surface area contributed by atoms with Crippen molar-refractivity contribution in [3.8, 4) is 5.88 Å². The zero-order chi connectivity index (χ0) is 27.3. The number of hydrogen-bond donors (Lipinski definition) is 0. The van der Waals surface area contributed by atoms with Gasteiger partial charge in [-0.3, -0.25) is 9.36 Å². The van der Waals surface area contributed by atoms with Gasteiger partial charge in [-0.25, -0.2) is 9.98 Å². The minimum Gasteiger partial charge on any atom is -0.475 e. The molecule has 0 aliphatic rings. The quantitative estimate of drug-likeness (QED) is 0.240. The van der Waals surface area contributed by atoms with E-state index in [1.165, 1.54) is 6.92 Å². The molecule has 1 aromatic heterocycles. The lowest BCUT2D eigenvalue weighted by atomic mass is 10.1. The van der Waals surface area contributed by atoms with Gasteiger partial charge in [-0.1, -0.05) is 6.92 Å². The van der Waals surface area contributed by atoms with Gasteiger partial charge >= 0.3 is 24.5 Å². The number of esters is 1. The van der Waals surface area contributed by atoms with E-state index < -0.39 is 65.1 Å². The zero-order valence-corrected chi connectivity index (χ0v) is 18.8. The normalized spacial score (nSPS) is 13.1. The number of carbonyl (C=O) groups excluding carboxylic acids is 1. The van der Waals surface area contributed by atoms with Gasteiger partial charge in [0.05, 0.1) is 16.8 Å². The van der Waals surface area contributed by atoms with Crippen molar-refractivity contribution in [3.05, 3.63) is 46.7 Å². The first kappa shape index (κ1) is 29.0. The molecule has 0 N–H and O–H groups in total. The van der Waals surface area contributed by atoms with Gasteiger partial charge in [-0.2, -0.15) is 39.5 Å². The molecule has 0 saturated heterocycles. The van der Waals surface area contributed by atoms with Crippen molar-refractivity contribution in [2.24, 2.45) is 4.99 Å². The number of carbonyl (C=O) groups is 1. The largest absolute Gasteiger partial charge is 0.475 e. The molecule has 0 aliphatic heterocycles. The minimum atomic E-state index is -5.31. The number of hydrogen-bond acceptors (Lipinski definition) is 5. The van der Waals surface area contributed by atoms with E-state index in [-0.39, 0.29) is 25.6 Å². The highest BCUT2D eigenvalue weighted by Gasteiger charge is 2.39. The van der Waals surface area contributed by atoms with Crippen molar-refractivity contribution in [3.63, 3.8) is 0 Å². The molecule has 0 amide bonds. The van der Waals surface area contributed by atoms with Crippen molar-refractivity contribution in [1.29, 1.82) is 0 Å². The number of aromatic nitrogens is 2. The van der Waals surface area contributed by atoms with E-state index >= 15 is 0 Å². The Morgan fingerprint density at radius 2 is 1.61 bits per heavy atom. The smallest absolute Gasteiger partial charge is 0.433 e. The average molecular weight is 533 g/mol. The predicted octanol–water partition coefficient (Wildman–Crippen LogP) is 5.91. The monoisotopic (exact) mass is 533 g/mol. The number of halogens is 9. The van der Waals surface area contributed by atoms with Crippen LogP contribution in [0.3, 0.4) is 0 Å². The standard InChI is InChI=1S/C21H20F9N3O3/c1-3-5-17(34)36-9-8-35-16-11-15(21(28,29)30)32-18(33(16)4-2)31-14-7-6-12(19(22,23)24)10-13(14)20(25,26)27/h6-7,10-11H,3-5,8-9H2,1-2H3. The minimum absolute atomic E-state index is 0.111. The van der Waals surface area contributed by atoms with E-state index in [1.54, 1.807) is 6.92 Å². The maximum absolute atomic E-state index is 13.5. The van der Waals surface area contributed by atoms with Crippen LogP contribution in [0.15, 0.2) is 29.3 Å². The van der Waals surface area contributed by atoms with E-state index in [1.807, 2.05) is 0 Å². The van der Waals surface area contributed by atoms with Crippen LogP contribution in [0.25, 0.3) is 0 Å². The summed E-state index contributed by atoms with van der Waals surface area (Å²) in [4.78, 5) is 18.2. The Labute approximate surface area is 198 Å². The third kappa shape index (κ3) is 7.62. The molecule has 200 valence electrons. The molecule has 36 heavy (non-hydrogen) atoms. The first-order chi connectivity index (χ1) is 16.6. The summed E-state index contributed by atoms with van der Waals surface area (Å²) in [6.07, 6.45) is -14.8. The van der Waals surface area contributed by atoms with Gasteiger partial charge in [0.25, 0.3) is 0 Å². The Hall–Kier alpha value is -3.26. The average Bonchev–Trinajstić information content (AvgIpc) is 2.74. The van der Waals surface area contributed by atoms with Crippen LogP contribution >= 0.6 is 0 Å². The van der Waals surface area contributed by atoms with Crippen LogP contribution in [0.5, 0.6) is 5.88 Å². The second kappa shape index (κ2) is 11.2. The molecule has 1 heterocycles. The molecule has 2 aromatic rings.